The number of carbonyl (C=O) groups excluding carboxylic acids is 1. The van der Waals surface area contributed by atoms with Crippen LogP contribution in [0.15, 0.2) is 48.5 Å². The van der Waals surface area contributed by atoms with E-state index < -0.39 is 4.92 Å². The van der Waals surface area contributed by atoms with Crippen molar-refractivity contribution >= 4 is 28.1 Å². The second kappa shape index (κ2) is 6.55. The van der Waals surface area contributed by atoms with Crippen LogP contribution in [0.1, 0.15) is 15.9 Å². The number of nitrogens with one attached hydrogen (secondary N) is 1. The summed E-state index contributed by atoms with van der Waals surface area (Å²) in [6, 6.07) is 13.3. The minimum atomic E-state index is -0.467. The minimum absolute atomic E-state index is 0.0203. The number of benzene rings is 2. The maximum atomic E-state index is 12.2. The largest absolute Gasteiger partial charge is 0.296 e. The van der Waals surface area contributed by atoms with Gasteiger partial charge < -0.3 is 0 Å². The van der Waals surface area contributed by atoms with Crippen LogP contribution in [0.2, 0.25) is 0 Å². The van der Waals surface area contributed by atoms with Crippen LogP contribution in [0.25, 0.3) is 10.6 Å². The number of non-ortho nitro benzene ring substituents is 1. The number of anilines is 1. The Morgan fingerprint density at radius 1 is 1.17 bits per heavy atom. The van der Waals surface area contributed by atoms with E-state index in [-0.39, 0.29) is 11.6 Å². The van der Waals surface area contributed by atoms with Gasteiger partial charge in [0.2, 0.25) is 5.13 Å². The molecule has 1 N–H and O–H groups in total. The van der Waals surface area contributed by atoms with E-state index in [1.807, 2.05) is 13.0 Å². The number of nitro benzene ring substituents is 1. The summed E-state index contributed by atoms with van der Waals surface area (Å²) in [5.74, 6) is -0.277. The zero-order valence-electron chi connectivity index (χ0n) is 12.6. The number of carbonyl (C=O) groups is 1. The molecule has 120 valence electrons. The Hall–Kier alpha value is -3.13. The lowest BCUT2D eigenvalue weighted by Crippen LogP contribution is -2.11. The fourth-order valence-corrected chi connectivity index (χ4v) is 2.83. The molecule has 0 spiro atoms. The molecule has 8 heteroatoms. The first-order valence-corrected chi connectivity index (χ1v) is 7.81. The van der Waals surface area contributed by atoms with E-state index in [1.54, 1.807) is 30.3 Å². The first-order valence-electron chi connectivity index (χ1n) is 6.99. The topological polar surface area (TPSA) is 98.0 Å². The highest BCUT2D eigenvalue weighted by atomic mass is 32.1. The Bertz CT molecular complexity index is 923. The Labute approximate surface area is 141 Å². The van der Waals surface area contributed by atoms with Crippen LogP contribution in [0.5, 0.6) is 0 Å². The lowest BCUT2D eigenvalue weighted by molar-refractivity contribution is -0.384. The number of aryl methyl sites for hydroxylation is 1. The molecule has 24 heavy (non-hydrogen) atoms. The lowest BCUT2D eigenvalue weighted by Gasteiger charge is -2.01. The third kappa shape index (κ3) is 3.44. The van der Waals surface area contributed by atoms with Gasteiger partial charge in [-0.05, 0) is 19.1 Å². The van der Waals surface area contributed by atoms with E-state index in [9.17, 15) is 14.9 Å². The van der Waals surface area contributed by atoms with Crippen LogP contribution in [-0.4, -0.2) is 21.0 Å². The van der Waals surface area contributed by atoms with Gasteiger partial charge in [-0.3, -0.25) is 20.2 Å². The normalized spacial score (nSPS) is 10.4. The highest BCUT2D eigenvalue weighted by Gasteiger charge is 2.13. The second-order valence-corrected chi connectivity index (χ2v) is 6.02. The van der Waals surface area contributed by atoms with Gasteiger partial charge in [-0.2, -0.15) is 0 Å². The van der Waals surface area contributed by atoms with Gasteiger partial charge in [0.25, 0.3) is 11.6 Å². The molecule has 1 heterocycles. The summed E-state index contributed by atoms with van der Waals surface area (Å²) in [5.41, 5.74) is 2.07. The first-order chi connectivity index (χ1) is 11.5. The summed E-state index contributed by atoms with van der Waals surface area (Å²) in [5, 5.41) is 22.3. The van der Waals surface area contributed by atoms with Crippen LogP contribution in [0, 0.1) is 17.0 Å². The summed E-state index contributed by atoms with van der Waals surface area (Å²) in [7, 11) is 0. The Balaban J connectivity index is 1.80. The lowest BCUT2D eigenvalue weighted by atomic mass is 10.1. The van der Waals surface area contributed by atoms with Crippen molar-refractivity contribution in [3.05, 3.63) is 69.8 Å². The summed E-state index contributed by atoms with van der Waals surface area (Å²) in [4.78, 5) is 22.6. The Kier molecular flexibility index (Phi) is 4.30. The number of hydrogen-bond acceptors (Lipinski definition) is 6. The maximum absolute atomic E-state index is 12.2. The number of nitro groups is 1. The van der Waals surface area contributed by atoms with Gasteiger partial charge >= 0.3 is 0 Å². The van der Waals surface area contributed by atoms with Crippen molar-refractivity contribution in [2.45, 2.75) is 6.92 Å². The fourth-order valence-electron chi connectivity index (χ4n) is 2.10. The van der Waals surface area contributed by atoms with E-state index in [4.69, 9.17) is 0 Å². The molecule has 0 aliphatic heterocycles. The monoisotopic (exact) mass is 340 g/mol. The molecule has 7 nitrogen and oxygen atoms in total. The molecule has 0 radical (unpaired) electrons. The number of rotatable bonds is 4. The van der Waals surface area contributed by atoms with Gasteiger partial charge in [-0.1, -0.05) is 41.2 Å². The van der Waals surface area contributed by atoms with Gasteiger partial charge in [0.1, 0.15) is 5.01 Å². The molecule has 0 unspecified atom stereocenters. The molecule has 2 aromatic carbocycles. The first kappa shape index (κ1) is 15.8. The second-order valence-electron chi connectivity index (χ2n) is 5.04. The quantitative estimate of drug-likeness (QED) is 0.577. The van der Waals surface area contributed by atoms with E-state index in [2.05, 4.69) is 15.5 Å². The van der Waals surface area contributed by atoms with Gasteiger partial charge in [-0.25, -0.2) is 0 Å². The summed E-state index contributed by atoms with van der Waals surface area (Å²) in [6.07, 6.45) is 0. The number of aromatic nitrogens is 2. The van der Waals surface area contributed by atoms with Gasteiger partial charge in [-0.15, -0.1) is 10.2 Å². The molecular formula is C16H12N4O3S. The summed E-state index contributed by atoms with van der Waals surface area (Å²) in [6.45, 7) is 1.90. The predicted octanol–water partition coefficient (Wildman–Crippen LogP) is 3.67. The number of amides is 1. The minimum Gasteiger partial charge on any atom is -0.296 e. The highest BCUT2D eigenvalue weighted by Crippen LogP contribution is 2.28. The SMILES string of the molecule is Cc1cccc(C(=O)Nc2nnc(-c3cccc([N+](=O)[O-])c3)s2)c1. The Morgan fingerprint density at radius 3 is 2.71 bits per heavy atom. The predicted molar refractivity (Wildman–Crippen MR) is 91.1 cm³/mol. The average molecular weight is 340 g/mol. The van der Waals surface area contributed by atoms with Crippen LogP contribution in [-0.2, 0) is 0 Å². The average Bonchev–Trinajstić information content (AvgIpc) is 3.03. The smallest absolute Gasteiger partial charge is 0.270 e. The van der Waals surface area contributed by atoms with Crippen molar-refractivity contribution in [2.75, 3.05) is 5.32 Å². The van der Waals surface area contributed by atoms with Crippen molar-refractivity contribution in [3.63, 3.8) is 0 Å². The van der Waals surface area contributed by atoms with Crippen molar-refractivity contribution < 1.29 is 9.72 Å². The van der Waals surface area contributed by atoms with Crippen molar-refractivity contribution in [3.8, 4) is 10.6 Å². The molecule has 0 fully saturated rings. The van der Waals surface area contributed by atoms with Crippen molar-refractivity contribution in [2.24, 2.45) is 0 Å². The molecule has 0 aliphatic carbocycles. The molecule has 1 aromatic heterocycles. The maximum Gasteiger partial charge on any atom is 0.270 e. The highest BCUT2D eigenvalue weighted by molar-refractivity contribution is 7.18. The third-order valence-corrected chi connectivity index (χ3v) is 4.12. The summed E-state index contributed by atoms with van der Waals surface area (Å²) >= 11 is 1.16. The number of hydrogen-bond donors (Lipinski definition) is 1. The van der Waals surface area contributed by atoms with Crippen LogP contribution >= 0.6 is 11.3 Å². The van der Waals surface area contributed by atoms with Crippen LogP contribution in [0.4, 0.5) is 10.8 Å². The number of nitrogens with zero attached hydrogens (tertiary/aromatic N) is 3. The molecular weight excluding hydrogens is 328 g/mol. The third-order valence-electron chi connectivity index (χ3n) is 3.23. The van der Waals surface area contributed by atoms with E-state index in [0.29, 0.717) is 21.3 Å². The van der Waals surface area contributed by atoms with Crippen molar-refractivity contribution in [1.29, 1.82) is 0 Å². The van der Waals surface area contributed by atoms with E-state index in [0.717, 1.165) is 16.9 Å². The van der Waals surface area contributed by atoms with Gasteiger partial charge in [0.05, 0.1) is 4.92 Å². The summed E-state index contributed by atoms with van der Waals surface area (Å²) < 4.78 is 0. The molecule has 0 saturated carbocycles. The van der Waals surface area contributed by atoms with Crippen LogP contribution < -0.4 is 5.32 Å². The van der Waals surface area contributed by atoms with Crippen LogP contribution in [0.3, 0.4) is 0 Å². The zero-order valence-corrected chi connectivity index (χ0v) is 13.4. The molecule has 0 atom stereocenters. The fraction of sp³-hybridized carbons (Fsp3) is 0.0625. The standard InChI is InChI=1S/C16H12N4O3S/c1-10-4-2-5-11(8-10)14(21)17-16-19-18-15(24-16)12-6-3-7-13(9-12)20(22)23/h2-9H,1H3,(H,17,19,21). The van der Waals surface area contributed by atoms with Crippen molar-refractivity contribution in [1.82, 2.24) is 10.2 Å². The zero-order chi connectivity index (χ0) is 17.1. The molecule has 1 amide bonds. The molecule has 3 rings (SSSR count). The molecule has 3 aromatic rings. The molecule has 0 aliphatic rings. The van der Waals surface area contributed by atoms with E-state index >= 15 is 0 Å². The molecule has 0 bridgehead atoms. The van der Waals surface area contributed by atoms with Gasteiger partial charge in [0.15, 0.2) is 0 Å². The van der Waals surface area contributed by atoms with Gasteiger partial charge in [0, 0.05) is 23.3 Å². The van der Waals surface area contributed by atoms with E-state index in [1.165, 1.54) is 12.1 Å². The Morgan fingerprint density at radius 2 is 1.96 bits per heavy atom. The molecule has 0 saturated heterocycles.